The van der Waals surface area contributed by atoms with Gasteiger partial charge < -0.3 is 5.11 Å². The molecule has 0 bridgehead atoms. The van der Waals surface area contributed by atoms with Crippen LogP contribution in [0.4, 0.5) is 8.78 Å². The Morgan fingerprint density at radius 1 is 0.950 bits per heavy atom. The molecule has 0 fully saturated rings. The van der Waals surface area contributed by atoms with Gasteiger partial charge in [-0.3, -0.25) is 0 Å². The van der Waals surface area contributed by atoms with E-state index in [0.717, 1.165) is 16.7 Å². The number of benzene rings is 2. The van der Waals surface area contributed by atoms with E-state index in [1.54, 1.807) is 12.1 Å². The summed E-state index contributed by atoms with van der Waals surface area (Å²) in [6.45, 7) is 3.98. The zero-order valence-electron chi connectivity index (χ0n) is 11.6. The lowest BCUT2D eigenvalue weighted by molar-refractivity contribution is 0.149. The standard InChI is InChI=1S/C17H18F2O/c1-11-5-3-6-12(2)15(11)10-16(20)13-7-4-8-14(9-13)17(18)19/h3-9,16-17,20H,10H2,1-2H3. The highest BCUT2D eigenvalue weighted by Gasteiger charge is 2.14. The van der Waals surface area contributed by atoms with E-state index in [0.29, 0.717) is 12.0 Å². The summed E-state index contributed by atoms with van der Waals surface area (Å²) in [6.07, 6.45) is -2.85. The van der Waals surface area contributed by atoms with Gasteiger partial charge in [-0.15, -0.1) is 0 Å². The van der Waals surface area contributed by atoms with Crippen LogP contribution in [0.3, 0.4) is 0 Å². The highest BCUT2D eigenvalue weighted by atomic mass is 19.3. The van der Waals surface area contributed by atoms with Crippen LogP contribution in [0, 0.1) is 13.8 Å². The second-order valence-corrected chi connectivity index (χ2v) is 5.06. The number of aryl methyl sites for hydroxylation is 2. The number of halogens is 2. The minimum absolute atomic E-state index is 0.0527. The van der Waals surface area contributed by atoms with Crippen LogP contribution in [0.1, 0.15) is 40.3 Å². The monoisotopic (exact) mass is 276 g/mol. The van der Waals surface area contributed by atoms with Gasteiger partial charge in [0.1, 0.15) is 0 Å². The van der Waals surface area contributed by atoms with Gasteiger partial charge in [-0.05, 0) is 42.2 Å². The van der Waals surface area contributed by atoms with Crippen LogP contribution < -0.4 is 0 Å². The maximum atomic E-state index is 12.7. The molecule has 0 aromatic heterocycles. The molecule has 3 heteroatoms. The Morgan fingerprint density at radius 3 is 2.10 bits per heavy atom. The lowest BCUT2D eigenvalue weighted by Gasteiger charge is -2.16. The van der Waals surface area contributed by atoms with Crippen molar-refractivity contribution in [2.24, 2.45) is 0 Å². The summed E-state index contributed by atoms with van der Waals surface area (Å²) < 4.78 is 25.4. The van der Waals surface area contributed by atoms with Crippen LogP contribution in [0.25, 0.3) is 0 Å². The van der Waals surface area contributed by atoms with E-state index in [-0.39, 0.29) is 5.56 Å². The maximum absolute atomic E-state index is 12.7. The molecule has 0 heterocycles. The zero-order valence-corrected chi connectivity index (χ0v) is 11.6. The largest absolute Gasteiger partial charge is 0.388 e. The van der Waals surface area contributed by atoms with Crippen molar-refractivity contribution in [3.05, 3.63) is 70.3 Å². The van der Waals surface area contributed by atoms with Crippen molar-refractivity contribution < 1.29 is 13.9 Å². The molecule has 1 atom stereocenters. The molecule has 2 rings (SSSR count). The van der Waals surface area contributed by atoms with Crippen LogP contribution >= 0.6 is 0 Å². The Kier molecular flexibility index (Phi) is 4.50. The molecule has 0 saturated carbocycles. The molecule has 0 amide bonds. The molecule has 0 aliphatic carbocycles. The number of alkyl halides is 2. The first-order valence-electron chi connectivity index (χ1n) is 6.60. The smallest absolute Gasteiger partial charge is 0.263 e. The average molecular weight is 276 g/mol. The van der Waals surface area contributed by atoms with Gasteiger partial charge in [0.25, 0.3) is 6.43 Å². The molecular formula is C17H18F2O. The molecule has 0 aliphatic rings. The van der Waals surface area contributed by atoms with Crippen molar-refractivity contribution >= 4 is 0 Å². The van der Waals surface area contributed by atoms with E-state index in [1.165, 1.54) is 12.1 Å². The molecule has 1 nitrogen and oxygen atoms in total. The fraction of sp³-hybridized carbons (Fsp3) is 0.294. The molecule has 106 valence electrons. The van der Waals surface area contributed by atoms with E-state index in [2.05, 4.69) is 0 Å². The number of rotatable bonds is 4. The highest BCUT2D eigenvalue weighted by molar-refractivity contribution is 5.35. The minimum Gasteiger partial charge on any atom is -0.388 e. The normalized spacial score (nSPS) is 12.7. The van der Waals surface area contributed by atoms with Crippen molar-refractivity contribution in [1.82, 2.24) is 0 Å². The van der Waals surface area contributed by atoms with Crippen molar-refractivity contribution in [3.8, 4) is 0 Å². The molecule has 0 aliphatic heterocycles. The van der Waals surface area contributed by atoms with E-state index in [9.17, 15) is 13.9 Å². The maximum Gasteiger partial charge on any atom is 0.263 e. The summed E-state index contributed by atoms with van der Waals surface area (Å²) in [4.78, 5) is 0. The third kappa shape index (κ3) is 3.23. The molecule has 2 aromatic carbocycles. The van der Waals surface area contributed by atoms with E-state index in [4.69, 9.17) is 0 Å². The Labute approximate surface area is 117 Å². The highest BCUT2D eigenvalue weighted by Crippen LogP contribution is 2.26. The topological polar surface area (TPSA) is 20.2 Å². The Bertz CT molecular complexity index is 573. The van der Waals surface area contributed by atoms with E-state index >= 15 is 0 Å². The predicted octanol–water partition coefficient (Wildman–Crippen LogP) is 4.52. The summed E-state index contributed by atoms with van der Waals surface area (Å²) in [5, 5.41) is 10.3. The number of aliphatic hydroxyl groups excluding tert-OH is 1. The zero-order chi connectivity index (χ0) is 14.7. The molecule has 0 saturated heterocycles. The van der Waals surface area contributed by atoms with Crippen molar-refractivity contribution in [3.63, 3.8) is 0 Å². The van der Waals surface area contributed by atoms with Gasteiger partial charge in [-0.2, -0.15) is 0 Å². The van der Waals surface area contributed by atoms with E-state index in [1.807, 2.05) is 32.0 Å². The average Bonchev–Trinajstić information content (AvgIpc) is 2.43. The van der Waals surface area contributed by atoms with Crippen LogP contribution in [0.15, 0.2) is 42.5 Å². The molecule has 0 radical (unpaired) electrons. The number of hydrogen-bond donors (Lipinski definition) is 1. The van der Waals surface area contributed by atoms with Gasteiger partial charge in [0.05, 0.1) is 6.10 Å². The molecular weight excluding hydrogens is 258 g/mol. The van der Waals surface area contributed by atoms with Gasteiger partial charge in [0.15, 0.2) is 0 Å². The van der Waals surface area contributed by atoms with Crippen LogP contribution in [-0.2, 0) is 6.42 Å². The van der Waals surface area contributed by atoms with Gasteiger partial charge in [0, 0.05) is 12.0 Å². The first-order chi connectivity index (χ1) is 9.49. The van der Waals surface area contributed by atoms with Gasteiger partial charge >= 0.3 is 0 Å². The molecule has 20 heavy (non-hydrogen) atoms. The summed E-state index contributed by atoms with van der Waals surface area (Å²) in [5.74, 6) is 0. The summed E-state index contributed by atoms with van der Waals surface area (Å²) >= 11 is 0. The fourth-order valence-electron chi connectivity index (χ4n) is 2.38. The molecule has 0 spiro atoms. The van der Waals surface area contributed by atoms with E-state index < -0.39 is 12.5 Å². The molecule has 1 unspecified atom stereocenters. The quantitative estimate of drug-likeness (QED) is 0.870. The van der Waals surface area contributed by atoms with Gasteiger partial charge in [-0.25, -0.2) is 8.78 Å². The lowest BCUT2D eigenvalue weighted by atomic mass is 9.94. The van der Waals surface area contributed by atoms with Crippen molar-refractivity contribution in [2.75, 3.05) is 0 Å². The SMILES string of the molecule is Cc1cccc(C)c1CC(O)c1cccc(C(F)F)c1. The van der Waals surface area contributed by atoms with Gasteiger partial charge in [-0.1, -0.05) is 36.4 Å². The number of hydrogen-bond acceptors (Lipinski definition) is 1. The second-order valence-electron chi connectivity index (χ2n) is 5.06. The lowest BCUT2D eigenvalue weighted by Crippen LogP contribution is -2.05. The first-order valence-corrected chi connectivity index (χ1v) is 6.60. The van der Waals surface area contributed by atoms with Crippen molar-refractivity contribution in [1.29, 1.82) is 0 Å². The fourth-order valence-corrected chi connectivity index (χ4v) is 2.38. The molecule has 1 N–H and O–H groups in total. The third-order valence-corrected chi connectivity index (χ3v) is 3.59. The molecule has 2 aromatic rings. The second kappa shape index (κ2) is 6.14. The Balaban J connectivity index is 2.24. The summed E-state index contributed by atoms with van der Waals surface area (Å²) in [6, 6.07) is 11.9. The Hall–Kier alpha value is -1.74. The van der Waals surface area contributed by atoms with Gasteiger partial charge in [0.2, 0.25) is 0 Å². The Morgan fingerprint density at radius 2 is 1.50 bits per heavy atom. The van der Waals surface area contributed by atoms with Crippen LogP contribution in [0.5, 0.6) is 0 Å². The van der Waals surface area contributed by atoms with Crippen LogP contribution in [0.2, 0.25) is 0 Å². The number of aliphatic hydroxyl groups is 1. The first kappa shape index (κ1) is 14.7. The predicted molar refractivity (Wildman–Crippen MR) is 76.0 cm³/mol. The van der Waals surface area contributed by atoms with Crippen LogP contribution in [-0.4, -0.2) is 5.11 Å². The van der Waals surface area contributed by atoms with Crippen molar-refractivity contribution in [2.45, 2.75) is 32.8 Å². The minimum atomic E-state index is -2.51. The summed E-state index contributed by atoms with van der Waals surface area (Å²) in [7, 11) is 0. The third-order valence-electron chi connectivity index (χ3n) is 3.59. The summed E-state index contributed by atoms with van der Waals surface area (Å²) in [5.41, 5.74) is 3.76.